The van der Waals surface area contributed by atoms with Crippen LogP contribution in [0.15, 0.2) is 0 Å². The van der Waals surface area contributed by atoms with Crippen LogP contribution < -0.4 is 0 Å². The lowest BCUT2D eigenvalue weighted by atomic mass is 10.3. The molecule has 0 aromatic carbocycles. The predicted molar refractivity (Wildman–Crippen MR) is 43.6 cm³/mol. The lowest BCUT2D eigenvalue weighted by Gasteiger charge is -2.16. The van der Waals surface area contributed by atoms with E-state index in [9.17, 15) is 4.79 Å². The molecule has 4 nitrogen and oxygen atoms in total. The van der Waals surface area contributed by atoms with E-state index < -0.39 is 11.8 Å². The first-order valence-corrected chi connectivity index (χ1v) is 3.10. The number of carboxylic acid groups (broad SMARTS) is 1. The average molecular weight is 192 g/mol. The molecule has 1 aliphatic heterocycles. The molecule has 1 rings (SSSR count). The van der Waals surface area contributed by atoms with E-state index in [-0.39, 0.29) is 33.9 Å². The third-order valence-corrected chi connectivity index (χ3v) is 1.41. The molecular weight excluding hydrogens is 179 g/mol. The van der Waals surface area contributed by atoms with Crippen molar-refractivity contribution in [3.8, 4) is 0 Å². The molecule has 6 heteroatoms. The van der Waals surface area contributed by atoms with Gasteiger partial charge in [0.15, 0.2) is 0 Å². The van der Waals surface area contributed by atoms with Crippen molar-refractivity contribution in [1.82, 2.24) is 0 Å². The number of halogens is 1. The first-order chi connectivity index (χ1) is 4.54. The Hall–Kier alpha value is 0.0862. The second kappa shape index (κ2) is 4.96. The summed E-state index contributed by atoms with van der Waals surface area (Å²) in [6.45, 7) is 3.52. The first-order valence-electron chi connectivity index (χ1n) is 3.10. The van der Waals surface area contributed by atoms with Crippen LogP contribution >= 0.6 is 0 Å². The summed E-state index contributed by atoms with van der Waals surface area (Å²) in [6.07, 6.45) is -0.124. The van der Waals surface area contributed by atoms with Gasteiger partial charge in [0.1, 0.15) is 0 Å². The Morgan fingerprint density at radius 1 is 1.67 bits per heavy atom. The molecule has 1 heterocycles. The lowest BCUT2D eigenvalue weighted by molar-refractivity contribution is -0.198. The zero-order valence-corrected chi connectivity index (χ0v) is 6.36. The Kier molecular flexibility index (Phi) is 6.03. The van der Waals surface area contributed by atoms with Gasteiger partial charge < -0.3 is 14.6 Å². The predicted octanol–water partition coefficient (Wildman–Crippen LogP) is -0.541. The molecule has 0 bridgehead atoms. The van der Waals surface area contributed by atoms with Gasteiger partial charge in [0.2, 0.25) is 0 Å². The molecule has 12 heavy (non-hydrogen) atoms. The van der Waals surface area contributed by atoms with Gasteiger partial charge in [0.05, 0.1) is 12.7 Å². The van der Waals surface area contributed by atoms with Gasteiger partial charge in [-0.2, -0.15) is 0 Å². The minimum atomic E-state index is -1.42. The summed E-state index contributed by atoms with van der Waals surface area (Å²) in [5.74, 6) is -2.49. The van der Waals surface area contributed by atoms with E-state index in [0.29, 0.717) is 6.61 Å². The van der Waals surface area contributed by atoms with Gasteiger partial charge in [-0.15, -0.1) is 0 Å². The Bertz CT molecular complexity index is 166. The second-order valence-corrected chi connectivity index (χ2v) is 2.49. The number of hydrogen-bond donors (Lipinski definition) is 1. The molecular formula is C6H13FMgO4. The number of carboxylic acids is 1. The molecule has 0 amide bonds. The van der Waals surface area contributed by atoms with Crippen molar-refractivity contribution in [1.29, 1.82) is 0 Å². The quantitative estimate of drug-likeness (QED) is 0.567. The topological polar surface area (TPSA) is 55.8 Å². The van der Waals surface area contributed by atoms with E-state index in [1.807, 2.05) is 0 Å². The Labute approximate surface area is 85.7 Å². The maximum absolute atomic E-state index is 10.4. The fourth-order valence-electron chi connectivity index (χ4n) is 0.840. The van der Waals surface area contributed by atoms with Crippen LogP contribution in [0.25, 0.3) is 0 Å². The molecule has 0 aliphatic carbocycles. The molecule has 1 saturated heterocycles. The van der Waals surface area contributed by atoms with Crippen LogP contribution in [0.5, 0.6) is 0 Å². The average Bonchev–Trinajstić information content (AvgIpc) is 2.13. The Morgan fingerprint density at radius 3 is 2.33 bits per heavy atom. The lowest BCUT2D eigenvalue weighted by Crippen LogP contribution is -2.36. The van der Waals surface area contributed by atoms with Crippen molar-refractivity contribution in [2.24, 2.45) is 0 Å². The summed E-state index contributed by atoms with van der Waals surface area (Å²) >= 11 is 0. The largest absolute Gasteiger partial charge is 0.477 e. The summed E-state index contributed by atoms with van der Waals surface area (Å²) < 4.78 is 9.88. The van der Waals surface area contributed by atoms with Crippen molar-refractivity contribution in [2.75, 3.05) is 6.61 Å². The highest BCUT2D eigenvalue weighted by Gasteiger charge is 2.42. The molecule has 70 valence electrons. The maximum atomic E-state index is 10.4. The third kappa shape index (κ3) is 2.85. The third-order valence-electron chi connectivity index (χ3n) is 1.41. The van der Waals surface area contributed by atoms with Crippen LogP contribution in [0.2, 0.25) is 0 Å². The number of hydrogen-bond acceptors (Lipinski definition) is 3. The van der Waals surface area contributed by atoms with Gasteiger partial charge in [-0.05, 0) is 6.92 Å². The van der Waals surface area contributed by atoms with E-state index in [1.165, 1.54) is 6.92 Å². The SMILES string of the molecule is CC1COC(C)(C(=O)O)O1.F.[MgH2]. The van der Waals surface area contributed by atoms with Gasteiger partial charge in [-0.25, -0.2) is 4.79 Å². The molecule has 1 N–H and O–H groups in total. The van der Waals surface area contributed by atoms with E-state index in [2.05, 4.69) is 0 Å². The molecule has 0 radical (unpaired) electrons. The summed E-state index contributed by atoms with van der Waals surface area (Å²) in [5, 5.41) is 8.54. The minimum absolute atomic E-state index is 0. The highest BCUT2D eigenvalue weighted by Crippen LogP contribution is 2.22. The van der Waals surface area contributed by atoms with E-state index in [0.717, 1.165) is 0 Å². The Balaban J connectivity index is 0. The van der Waals surface area contributed by atoms with Gasteiger partial charge in [0, 0.05) is 6.92 Å². The standard InChI is InChI=1S/C6H10O4.FH.Mg.2H/c1-4-3-9-6(2,10-4)5(7)8;;;;/h4H,3H2,1-2H3,(H,7,8);1H;;;. The van der Waals surface area contributed by atoms with Crippen LogP contribution in [0, 0.1) is 0 Å². The zero-order chi connectivity index (χ0) is 7.78. The molecule has 1 aliphatic rings. The highest BCUT2D eigenvalue weighted by molar-refractivity contribution is 5.75. The number of carbonyl (C=O) groups is 1. The molecule has 0 aromatic heterocycles. The molecule has 1 fully saturated rings. The van der Waals surface area contributed by atoms with Crippen molar-refractivity contribution in [3.05, 3.63) is 0 Å². The summed E-state index contributed by atoms with van der Waals surface area (Å²) in [7, 11) is 0. The summed E-state index contributed by atoms with van der Waals surface area (Å²) in [5.41, 5.74) is 0. The fraction of sp³-hybridized carbons (Fsp3) is 0.833. The fourth-order valence-corrected chi connectivity index (χ4v) is 0.840. The van der Waals surface area contributed by atoms with Crippen LogP contribution in [0.3, 0.4) is 0 Å². The smallest absolute Gasteiger partial charge is 0.364 e. The maximum Gasteiger partial charge on any atom is 0.364 e. The van der Waals surface area contributed by atoms with Gasteiger partial charge in [-0.3, -0.25) is 4.70 Å². The molecule has 0 aromatic rings. The number of aliphatic carboxylic acids is 1. The van der Waals surface area contributed by atoms with Crippen LogP contribution in [0.1, 0.15) is 13.8 Å². The molecule has 0 saturated carbocycles. The summed E-state index contributed by atoms with van der Waals surface area (Å²) in [4.78, 5) is 10.4. The summed E-state index contributed by atoms with van der Waals surface area (Å²) in [6, 6.07) is 0. The van der Waals surface area contributed by atoms with Crippen molar-refractivity contribution in [3.63, 3.8) is 0 Å². The monoisotopic (exact) mass is 192 g/mol. The van der Waals surface area contributed by atoms with Gasteiger partial charge >= 0.3 is 29.0 Å². The normalized spacial score (nSPS) is 33.3. The Morgan fingerprint density at radius 2 is 2.17 bits per heavy atom. The molecule has 0 spiro atoms. The van der Waals surface area contributed by atoms with Crippen LogP contribution in [-0.4, -0.2) is 52.6 Å². The van der Waals surface area contributed by atoms with E-state index >= 15 is 0 Å². The van der Waals surface area contributed by atoms with E-state index in [1.54, 1.807) is 6.92 Å². The number of ether oxygens (including phenoxy) is 2. The van der Waals surface area contributed by atoms with Crippen molar-refractivity contribution in [2.45, 2.75) is 25.7 Å². The minimum Gasteiger partial charge on any atom is -0.477 e. The van der Waals surface area contributed by atoms with Crippen LogP contribution in [-0.2, 0) is 14.3 Å². The first kappa shape index (κ1) is 14.6. The van der Waals surface area contributed by atoms with Crippen LogP contribution in [0.4, 0.5) is 4.70 Å². The molecule has 2 atom stereocenters. The number of rotatable bonds is 1. The van der Waals surface area contributed by atoms with Crippen molar-refractivity contribution < 1.29 is 24.1 Å². The van der Waals surface area contributed by atoms with E-state index in [4.69, 9.17) is 14.6 Å². The highest BCUT2D eigenvalue weighted by atomic mass is 24.3. The zero-order valence-electron chi connectivity index (χ0n) is 6.36. The second-order valence-electron chi connectivity index (χ2n) is 2.49. The van der Waals surface area contributed by atoms with Gasteiger partial charge in [-0.1, -0.05) is 0 Å². The van der Waals surface area contributed by atoms with Gasteiger partial charge in [0.25, 0.3) is 5.79 Å². The van der Waals surface area contributed by atoms with Crippen molar-refractivity contribution >= 4 is 29.0 Å². The molecule has 2 unspecified atom stereocenters.